The number of para-hydroxylation sites is 2. The number of aliphatic imine (C=N–C) groups is 1. The first-order valence-corrected chi connectivity index (χ1v) is 12.5. The molecule has 2 aliphatic rings. The molecule has 2 N–H and O–H groups in total. The van der Waals surface area contributed by atoms with Crippen molar-refractivity contribution in [3.05, 3.63) is 59.7 Å². The van der Waals surface area contributed by atoms with E-state index in [0.717, 1.165) is 44.4 Å². The summed E-state index contributed by atoms with van der Waals surface area (Å²) in [7, 11) is 1.74. The van der Waals surface area contributed by atoms with E-state index in [-0.39, 0.29) is 24.0 Å². The van der Waals surface area contributed by atoms with Gasteiger partial charge in [-0.15, -0.1) is 24.0 Å². The standard InChI is InChI=1S/C27H39N5O.HI/c1-3-28-27(29-18-22-10-12-23(13-11-22)20-31-15-6-7-16-31)30-19-24-14-17-32(21-24)25-8-4-5-9-26(25)33-2;/h4-5,8-13,24H,3,6-7,14-21H2,1-2H3,(H2,28,29,30);1H. The minimum atomic E-state index is 0. The fraction of sp³-hybridized carbons (Fsp3) is 0.519. The molecule has 2 aromatic carbocycles. The summed E-state index contributed by atoms with van der Waals surface area (Å²) in [6.07, 6.45) is 3.85. The molecule has 6 nitrogen and oxygen atoms in total. The highest BCUT2D eigenvalue weighted by atomic mass is 127. The minimum absolute atomic E-state index is 0. The molecule has 2 heterocycles. The molecule has 0 radical (unpaired) electrons. The summed E-state index contributed by atoms with van der Waals surface area (Å²) in [6, 6.07) is 17.3. The third kappa shape index (κ3) is 7.50. The van der Waals surface area contributed by atoms with Crippen LogP contribution in [0.3, 0.4) is 0 Å². The van der Waals surface area contributed by atoms with Gasteiger partial charge in [-0.3, -0.25) is 4.90 Å². The number of hydrogen-bond donors (Lipinski definition) is 2. The highest BCUT2D eigenvalue weighted by Crippen LogP contribution is 2.31. The zero-order valence-corrected chi connectivity index (χ0v) is 23.0. The number of ether oxygens (including phenoxy) is 1. The van der Waals surface area contributed by atoms with E-state index < -0.39 is 0 Å². The Morgan fingerprint density at radius 3 is 2.47 bits per heavy atom. The number of nitrogens with one attached hydrogen (secondary N) is 2. The normalized spacial score (nSPS) is 18.6. The van der Waals surface area contributed by atoms with Crippen LogP contribution in [0.4, 0.5) is 5.69 Å². The third-order valence-electron chi connectivity index (χ3n) is 6.66. The van der Waals surface area contributed by atoms with Crippen molar-refractivity contribution >= 4 is 35.6 Å². The van der Waals surface area contributed by atoms with Crippen LogP contribution >= 0.6 is 24.0 Å². The van der Waals surface area contributed by atoms with Gasteiger partial charge >= 0.3 is 0 Å². The van der Waals surface area contributed by atoms with Crippen molar-refractivity contribution in [2.75, 3.05) is 51.3 Å². The molecule has 2 aliphatic heterocycles. The summed E-state index contributed by atoms with van der Waals surface area (Å²) in [5, 5.41) is 6.96. The van der Waals surface area contributed by atoms with Crippen LogP contribution in [0.1, 0.15) is 37.3 Å². The Kier molecular flexibility index (Phi) is 10.8. The van der Waals surface area contributed by atoms with Gasteiger partial charge in [0.05, 0.1) is 19.3 Å². The highest BCUT2D eigenvalue weighted by Gasteiger charge is 2.24. The quantitative estimate of drug-likeness (QED) is 0.262. The van der Waals surface area contributed by atoms with Crippen LogP contribution in [-0.4, -0.2) is 57.2 Å². The number of rotatable bonds is 9. The van der Waals surface area contributed by atoms with E-state index in [1.54, 1.807) is 7.11 Å². The fourth-order valence-corrected chi connectivity index (χ4v) is 4.81. The van der Waals surface area contributed by atoms with Crippen molar-refractivity contribution in [1.29, 1.82) is 0 Å². The average Bonchev–Trinajstić information content (AvgIpc) is 3.54. The molecule has 1 atom stereocenters. The first-order chi connectivity index (χ1) is 16.2. The molecule has 34 heavy (non-hydrogen) atoms. The van der Waals surface area contributed by atoms with E-state index in [4.69, 9.17) is 9.73 Å². The Labute approximate surface area is 222 Å². The highest BCUT2D eigenvalue weighted by molar-refractivity contribution is 14.0. The van der Waals surface area contributed by atoms with Gasteiger partial charge in [-0.1, -0.05) is 36.4 Å². The van der Waals surface area contributed by atoms with Crippen molar-refractivity contribution in [1.82, 2.24) is 15.5 Å². The van der Waals surface area contributed by atoms with Gasteiger partial charge in [0, 0.05) is 32.7 Å². The summed E-state index contributed by atoms with van der Waals surface area (Å²) < 4.78 is 5.55. The topological polar surface area (TPSA) is 52.1 Å². The van der Waals surface area contributed by atoms with E-state index in [1.165, 1.54) is 49.2 Å². The molecule has 0 aromatic heterocycles. The Hall–Kier alpha value is -2.00. The third-order valence-corrected chi connectivity index (χ3v) is 6.66. The summed E-state index contributed by atoms with van der Waals surface area (Å²) in [6.45, 7) is 10.2. The van der Waals surface area contributed by atoms with Gasteiger partial charge in [-0.05, 0) is 68.5 Å². The Morgan fingerprint density at radius 2 is 1.74 bits per heavy atom. The molecule has 0 saturated carbocycles. The summed E-state index contributed by atoms with van der Waals surface area (Å²) in [4.78, 5) is 9.80. The SMILES string of the molecule is CCNC(=NCc1ccc(CN2CCCC2)cc1)NCC1CCN(c2ccccc2OC)C1.I. The molecular weight excluding hydrogens is 537 g/mol. The number of methoxy groups -OCH3 is 1. The molecule has 0 spiro atoms. The van der Waals surface area contributed by atoms with Crippen molar-refractivity contribution in [2.24, 2.45) is 10.9 Å². The van der Waals surface area contributed by atoms with Gasteiger partial charge in [0.1, 0.15) is 5.75 Å². The predicted octanol–water partition coefficient (Wildman–Crippen LogP) is 4.49. The summed E-state index contributed by atoms with van der Waals surface area (Å²) >= 11 is 0. The monoisotopic (exact) mass is 577 g/mol. The number of likely N-dealkylation sites (tertiary alicyclic amines) is 1. The van der Waals surface area contributed by atoms with Crippen molar-refractivity contribution in [3.8, 4) is 5.75 Å². The van der Waals surface area contributed by atoms with Gasteiger partial charge < -0.3 is 20.3 Å². The lowest BCUT2D eigenvalue weighted by Gasteiger charge is -2.21. The molecule has 2 fully saturated rings. The van der Waals surface area contributed by atoms with E-state index >= 15 is 0 Å². The van der Waals surface area contributed by atoms with Crippen LogP contribution in [0, 0.1) is 5.92 Å². The first kappa shape index (κ1) is 26.6. The lowest BCUT2D eigenvalue weighted by Crippen LogP contribution is -2.40. The molecule has 186 valence electrons. The smallest absolute Gasteiger partial charge is 0.191 e. The second-order valence-corrected chi connectivity index (χ2v) is 9.15. The molecule has 7 heteroatoms. The number of guanidine groups is 1. The number of hydrogen-bond acceptors (Lipinski definition) is 4. The Morgan fingerprint density at radius 1 is 1.00 bits per heavy atom. The van der Waals surface area contributed by atoms with Crippen molar-refractivity contribution in [3.63, 3.8) is 0 Å². The minimum Gasteiger partial charge on any atom is -0.495 e. The molecule has 1 unspecified atom stereocenters. The lowest BCUT2D eigenvalue weighted by molar-refractivity contribution is 0.331. The molecule has 2 aromatic rings. The van der Waals surface area contributed by atoms with E-state index in [9.17, 15) is 0 Å². The van der Waals surface area contributed by atoms with E-state index in [2.05, 4.69) is 63.8 Å². The van der Waals surface area contributed by atoms with Crippen LogP contribution in [-0.2, 0) is 13.1 Å². The zero-order chi connectivity index (χ0) is 22.9. The Balaban J connectivity index is 0.00000324. The lowest BCUT2D eigenvalue weighted by atomic mass is 10.1. The van der Waals surface area contributed by atoms with Crippen LogP contribution in [0.15, 0.2) is 53.5 Å². The van der Waals surface area contributed by atoms with Crippen molar-refractivity contribution < 1.29 is 4.74 Å². The van der Waals surface area contributed by atoms with Gasteiger partial charge in [0.15, 0.2) is 5.96 Å². The number of nitrogens with zero attached hydrogens (tertiary/aromatic N) is 3. The maximum Gasteiger partial charge on any atom is 0.191 e. The van der Waals surface area contributed by atoms with Gasteiger partial charge in [-0.25, -0.2) is 4.99 Å². The largest absolute Gasteiger partial charge is 0.495 e. The van der Waals surface area contributed by atoms with Crippen LogP contribution in [0.2, 0.25) is 0 Å². The molecule has 0 bridgehead atoms. The molecule has 0 aliphatic carbocycles. The second kappa shape index (κ2) is 13.8. The summed E-state index contributed by atoms with van der Waals surface area (Å²) in [5.41, 5.74) is 3.84. The number of anilines is 1. The summed E-state index contributed by atoms with van der Waals surface area (Å²) in [5.74, 6) is 2.44. The van der Waals surface area contributed by atoms with Crippen LogP contribution < -0.4 is 20.3 Å². The molecule has 2 saturated heterocycles. The van der Waals surface area contributed by atoms with Gasteiger partial charge in [0.25, 0.3) is 0 Å². The van der Waals surface area contributed by atoms with Gasteiger partial charge in [-0.2, -0.15) is 0 Å². The van der Waals surface area contributed by atoms with Gasteiger partial charge in [0.2, 0.25) is 0 Å². The maximum absolute atomic E-state index is 5.55. The van der Waals surface area contributed by atoms with Crippen LogP contribution in [0.25, 0.3) is 0 Å². The maximum atomic E-state index is 5.55. The molecule has 0 amide bonds. The fourth-order valence-electron chi connectivity index (χ4n) is 4.81. The predicted molar refractivity (Wildman–Crippen MR) is 153 cm³/mol. The van der Waals surface area contributed by atoms with Crippen molar-refractivity contribution in [2.45, 2.75) is 39.3 Å². The van der Waals surface area contributed by atoms with E-state index in [0.29, 0.717) is 12.5 Å². The van der Waals surface area contributed by atoms with E-state index in [1.807, 2.05) is 12.1 Å². The number of benzene rings is 2. The second-order valence-electron chi connectivity index (χ2n) is 9.15. The first-order valence-electron chi connectivity index (χ1n) is 12.5. The molecular formula is C27H40IN5O. The number of halogens is 1. The molecule has 4 rings (SSSR count). The Bertz CT molecular complexity index is 898. The zero-order valence-electron chi connectivity index (χ0n) is 20.6. The van der Waals surface area contributed by atoms with Crippen LogP contribution in [0.5, 0.6) is 5.75 Å². The average molecular weight is 578 g/mol.